The van der Waals surface area contributed by atoms with Gasteiger partial charge in [-0.3, -0.25) is 4.79 Å². The standard InChI is InChI=1S/C12H14BrFN2O.ClH/c1-2-5-16(12(17)7-15)8-9-6-10(13)3-4-11(9)14;/h2-4,6H,1,5,7-8,15H2;1H. The Morgan fingerprint density at radius 1 is 1.56 bits per heavy atom. The van der Waals surface area contributed by atoms with E-state index in [1.165, 1.54) is 11.0 Å². The number of carbonyl (C=O) groups excluding carboxylic acids is 1. The van der Waals surface area contributed by atoms with Gasteiger partial charge in [-0.25, -0.2) is 4.39 Å². The summed E-state index contributed by atoms with van der Waals surface area (Å²) < 4.78 is 14.3. The Balaban J connectivity index is 0.00000289. The molecule has 1 amide bonds. The monoisotopic (exact) mass is 336 g/mol. The van der Waals surface area contributed by atoms with Crippen molar-refractivity contribution in [2.45, 2.75) is 6.54 Å². The second kappa shape index (κ2) is 8.24. The SMILES string of the molecule is C=CCN(Cc1cc(Br)ccc1F)C(=O)CN.Cl. The zero-order chi connectivity index (χ0) is 12.8. The van der Waals surface area contributed by atoms with E-state index in [2.05, 4.69) is 22.5 Å². The second-order valence-electron chi connectivity index (χ2n) is 3.50. The van der Waals surface area contributed by atoms with Crippen molar-refractivity contribution in [1.29, 1.82) is 0 Å². The molecule has 0 bridgehead atoms. The van der Waals surface area contributed by atoms with Crippen molar-refractivity contribution in [2.24, 2.45) is 5.73 Å². The molecule has 1 rings (SSSR count). The Morgan fingerprint density at radius 2 is 2.22 bits per heavy atom. The molecule has 1 aromatic rings. The lowest BCUT2D eigenvalue weighted by Crippen LogP contribution is -2.35. The van der Waals surface area contributed by atoms with E-state index >= 15 is 0 Å². The number of rotatable bonds is 5. The highest BCUT2D eigenvalue weighted by Gasteiger charge is 2.13. The van der Waals surface area contributed by atoms with Crippen molar-refractivity contribution in [3.05, 3.63) is 46.7 Å². The van der Waals surface area contributed by atoms with E-state index in [-0.39, 0.29) is 37.2 Å². The molecule has 0 radical (unpaired) electrons. The van der Waals surface area contributed by atoms with E-state index in [9.17, 15) is 9.18 Å². The average molecular weight is 338 g/mol. The number of carbonyl (C=O) groups is 1. The van der Waals surface area contributed by atoms with Gasteiger partial charge in [0.25, 0.3) is 0 Å². The second-order valence-corrected chi connectivity index (χ2v) is 4.42. The minimum absolute atomic E-state index is 0. The number of nitrogens with zero attached hydrogens (tertiary/aromatic N) is 1. The molecular formula is C12H15BrClFN2O. The predicted octanol–water partition coefficient (Wildman–Crippen LogP) is 2.48. The summed E-state index contributed by atoms with van der Waals surface area (Å²) in [7, 11) is 0. The molecule has 18 heavy (non-hydrogen) atoms. The van der Waals surface area contributed by atoms with Crippen LogP contribution in [0.3, 0.4) is 0 Å². The molecule has 0 spiro atoms. The van der Waals surface area contributed by atoms with Gasteiger partial charge in [-0.05, 0) is 18.2 Å². The lowest BCUT2D eigenvalue weighted by atomic mass is 10.2. The Labute approximate surface area is 120 Å². The van der Waals surface area contributed by atoms with Gasteiger partial charge >= 0.3 is 0 Å². The molecule has 0 fully saturated rings. The Bertz CT molecular complexity index is 429. The van der Waals surface area contributed by atoms with Crippen molar-refractivity contribution >= 4 is 34.2 Å². The van der Waals surface area contributed by atoms with Crippen LogP contribution in [0.15, 0.2) is 35.3 Å². The van der Waals surface area contributed by atoms with Crippen LogP contribution >= 0.6 is 28.3 Å². The van der Waals surface area contributed by atoms with Crippen LogP contribution in [0, 0.1) is 5.82 Å². The summed E-state index contributed by atoms with van der Waals surface area (Å²) in [4.78, 5) is 13.0. The van der Waals surface area contributed by atoms with Crippen LogP contribution in [0.2, 0.25) is 0 Å². The largest absolute Gasteiger partial charge is 0.333 e. The van der Waals surface area contributed by atoms with Gasteiger partial charge in [0, 0.05) is 23.1 Å². The number of nitrogens with two attached hydrogens (primary N) is 1. The highest BCUT2D eigenvalue weighted by Crippen LogP contribution is 2.17. The van der Waals surface area contributed by atoms with Crippen LogP contribution in [0.4, 0.5) is 4.39 Å². The van der Waals surface area contributed by atoms with Crippen LogP contribution in [-0.2, 0) is 11.3 Å². The first-order valence-electron chi connectivity index (χ1n) is 5.11. The summed E-state index contributed by atoms with van der Waals surface area (Å²) in [5.41, 5.74) is 5.74. The quantitative estimate of drug-likeness (QED) is 0.839. The number of hydrogen-bond donors (Lipinski definition) is 1. The van der Waals surface area contributed by atoms with Crippen molar-refractivity contribution in [2.75, 3.05) is 13.1 Å². The van der Waals surface area contributed by atoms with Gasteiger partial charge in [0.05, 0.1) is 6.54 Å². The van der Waals surface area contributed by atoms with E-state index in [4.69, 9.17) is 5.73 Å². The van der Waals surface area contributed by atoms with Crippen LogP contribution in [0.5, 0.6) is 0 Å². The first-order valence-corrected chi connectivity index (χ1v) is 5.90. The van der Waals surface area contributed by atoms with Crippen molar-refractivity contribution in [3.8, 4) is 0 Å². The first kappa shape index (κ1) is 17.1. The Hall–Kier alpha value is -0.910. The fourth-order valence-corrected chi connectivity index (χ4v) is 1.82. The lowest BCUT2D eigenvalue weighted by molar-refractivity contribution is -0.129. The zero-order valence-corrected chi connectivity index (χ0v) is 12.1. The van der Waals surface area contributed by atoms with Gasteiger partial charge < -0.3 is 10.6 Å². The molecule has 0 aliphatic rings. The maximum absolute atomic E-state index is 13.5. The molecule has 1 aromatic carbocycles. The summed E-state index contributed by atoms with van der Waals surface area (Å²) in [6, 6.07) is 4.62. The van der Waals surface area contributed by atoms with Gasteiger partial charge in [-0.1, -0.05) is 22.0 Å². The predicted molar refractivity (Wildman–Crippen MR) is 76.0 cm³/mol. The molecule has 100 valence electrons. The molecule has 0 heterocycles. The topological polar surface area (TPSA) is 46.3 Å². The van der Waals surface area contributed by atoms with Crippen LogP contribution in [-0.4, -0.2) is 23.9 Å². The maximum atomic E-state index is 13.5. The van der Waals surface area contributed by atoms with E-state index in [0.29, 0.717) is 12.1 Å². The number of halogens is 3. The van der Waals surface area contributed by atoms with Crippen LogP contribution in [0.1, 0.15) is 5.56 Å². The van der Waals surface area contributed by atoms with E-state index in [1.54, 1.807) is 18.2 Å². The van der Waals surface area contributed by atoms with Crippen molar-refractivity contribution in [1.82, 2.24) is 4.90 Å². The molecule has 2 N–H and O–H groups in total. The summed E-state index contributed by atoms with van der Waals surface area (Å²) in [5, 5.41) is 0. The third kappa shape index (κ3) is 4.76. The molecule has 3 nitrogen and oxygen atoms in total. The summed E-state index contributed by atoms with van der Waals surface area (Å²) in [5.74, 6) is -0.573. The molecular weight excluding hydrogens is 322 g/mol. The summed E-state index contributed by atoms with van der Waals surface area (Å²) >= 11 is 3.26. The third-order valence-corrected chi connectivity index (χ3v) is 2.74. The third-order valence-electron chi connectivity index (χ3n) is 2.25. The zero-order valence-electron chi connectivity index (χ0n) is 9.73. The molecule has 0 saturated carbocycles. The maximum Gasteiger partial charge on any atom is 0.236 e. The molecule has 0 aliphatic heterocycles. The van der Waals surface area contributed by atoms with Gasteiger partial charge in [0.2, 0.25) is 5.91 Å². The van der Waals surface area contributed by atoms with E-state index in [0.717, 1.165) is 4.47 Å². The van der Waals surface area contributed by atoms with Gasteiger partial charge in [0.15, 0.2) is 0 Å². The number of benzene rings is 1. The minimum Gasteiger partial charge on any atom is -0.333 e. The lowest BCUT2D eigenvalue weighted by Gasteiger charge is -2.20. The highest BCUT2D eigenvalue weighted by atomic mass is 79.9. The minimum atomic E-state index is -0.341. The van der Waals surface area contributed by atoms with E-state index < -0.39 is 0 Å². The fraction of sp³-hybridized carbons (Fsp3) is 0.250. The van der Waals surface area contributed by atoms with Crippen LogP contribution < -0.4 is 5.73 Å². The Kier molecular flexibility index (Phi) is 7.82. The van der Waals surface area contributed by atoms with Gasteiger partial charge in [0.1, 0.15) is 5.82 Å². The van der Waals surface area contributed by atoms with Gasteiger partial charge in [-0.15, -0.1) is 19.0 Å². The van der Waals surface area contributed by atoms with Crippen molar-refractivity contribution < 1.29 is 9.18 Å². The normalized spacial score (nSPS) is 9.50. The molecule has 0 unspecified atom stereocenters. The Morgan fingerprint density at radius 3 is 2.78 bits per heavy atom. The number of amides is 1. The molecule has 0 atom stereocenters. The highest BCUT2D eigenvalue weighted by molar-refractivity contribution is 9.10. The van der Waals surface area contributed by atoms with Crippen LogP contribution in [0.25, 0.3) is 0 Å². The average Bonchev–Trinajstić information content (AvgIpc) is 2.32. The van der Waals surface area contributed by atoms with Crippen molar-refractivity contribution in [3.63, 3.8) is 0 Å². The summed E-state index contributed by atoms with van der Waals surface area (Å²) in [6.07, 6.45) is 1.59. The summed E-state index contributed by atoms with van der Waals surface area (Å²) in [6.45, 7) is 4.00. The fourth-order valence-electron chi connectivity index (χ4n) is 1.41. The molecule has 0 aromatic heterocycles. The first-order chi connectivity index (χ1) is 8.08. The molecule has 0 aliphatic carbocycles. The number of hydrogen-bond acceptors (Lipinski definition) is 2. The smallest absolute Gasteiger partial charge is 0.236 e. The van der Waals surface area contributed by atoms with E-state index in [1.807, 2.05) is 0 Å². The molecule has 0 saturated heterocycles. The van der Waals surface area contributed by atoms with Gasteiger partial charge in [-0.2, -0.15) is 0 Å². The molecule has 6 heteroatoms.